The van der Waals surface area contributed by atoms with Gasteiger partial charge in [0.2, 0.25) is 0 Å². The number of nitrogens with zero attached hydrogens (tertiary/aromatic N) is 1. The Balaban J connectivity index is 2.31. The fourth-order valence-electron chi connectivity index (χ4n) is 2.28. The van der Waals surface area contributed by atoms with Gasteiger partial charge in [-0.1, -0.05) is 24.3 Å². The number of para-hydroxylation sites is 2. The van der Waals surface area contributed by atoms with Gasteiger partial charge in [0.25, 0.3) is 5.91 Å². The normalized spacial score (nSPS) is 10.2. The van der Waals surface area contributed by atoms with Crippen molar-refractivity contribution in [3.63, 3.8) is 0 Å². The molecule has 4 N–H and O–H groups in total. The molecule has 0 saturated carbocycles. The van der Waals surface area contributed by atoms with Crippen LogP contribution < -0.4 is 21.1 Å². The molecule has 110 valence electrons. The summed E-state index contributed by atoms with van der Waals surface area (Å²) in [5, 5.41) is 0. The fraction of sp³-hybridized carbons (Fsp3) is 0.188. The second kappa shape index (κ2) is 6.17. The molecule has 0 atom stereocenters. The molecule has 2 aromatic rings. The van der Waals surface area contributed by atoms with Crippen LogP contribution in [-0.4, -0.2) is 20.1 Å². The maximum Gasteiger partial charge on any atom is 0.250 e. The summed E-state index contributed by atoms with van der Waals surface area (Å²) < 4.78 is 5.34. The molecule has 1 amide bonds. The molecule has 0 aromatic heterocycles. The molecule has 5 nitrogen and oxygen atoms in total. The molecular weight excluding hydrogens is 266 g/mol. The molecule has 0 bridgehead atoms. The van der Waals surface area contributed by atoms with Gasteiger partial charge in [0.1, 0.15) is 5.75 Å². The Bertz CT molecular complexity index is 656. The fourth-order valence-corrected chi connectivity index (χ4v) is 2.28. The van der Waals surface area contributed by atoms with E-state index in [1.165, 1.54) is 0 Å². The van der Waals surface area contributed by atoms with Crippen LogP contribution in [0.25, 0.3) is 0 Å². The molecule has 2 rings (SSSR count). The maximum atomic E-state index is 11.4. The summed E-state index contributed by atoms with van der Waals surface area (Å²) in [5.41, 5.74) is 13.9. The highest BCUT2D eigenvalue weighted by Crippen LogP contribution is 2.28. The lowest BCUT2D eigenvalue weighted by Gasteiger charge is -2.23. The molecule has 0 radical (unpaired) electrons. The van der Waals surface area contributed by atoms with Crippen molar-refractivity contribution in [2.45, 2.75) is 6.54 Å². The van der Waals surface area contributed by atoms with Crippen molar-refractivity contribution in [2.24, 2.45) is 5.73 Å². The van der Waals surface area contributed by atoms with E-state index in [-0.39, 0.29) is 0 Å². The number of ether oxygens (including phenoxy) is 1. The molecule has 0 heterocycles. The van der Waals surface area contributed by atoms with E-state index in [2.05, 4.69) is 0 Å². The third-order valence-corrected chi connectivity index (χ3v) is 3.36. The zero-order valence-corrected chi connectivity index (χ0v) is 12.2. The number of primary amides is 1. The molecule has 0 fully saturated rings. The number of carbonyl (C=O) groups is 1. The third-order valence-electron chi connectivity index (χ3n) is 3.36. The van der Waals surface area contributed by atoms with Gasteiger partial charge in [-0.2, -0.15) is 0 Å². The number of methoxy groups -OCH3 is 1. The minimum absolute atomic E-state index is 0.333. The first-order chi connectivity index (χ1) is 10.0. The van der Waals surface area contributed by atoms with Crippen LogP contribution in [0.4, 0.5) is 11.4 Å². The molecule has 5 heteroatoms. The van der Waals surface area contributed by atoms with Crippen LogP contribution in [0.2, 0.25) is 0 Å². The molecule has 0 aliphatic carbocycles. The lowest BCUT2D eigenvalue weighted by Crippen LogP contribution is -2.21. The van der Waals surface area contributed by atoms with E-state index in [0.29, 0.717) is 17.8 Å². The average Bonchev–Trinajstić information content (AvgIpc) is 2.47. The maximum absolute atomic E-state index is 11.4. The zero-order valence-electron chi connectivity index (χ0n) is 12.2. The predicted molar refractivity (Wildman–Crippen MR) is 84.5 cm³/mol. The summed E-state index contributed by atoms with van der Waals surface area (Å²) in [6.45, 7) is 0.608. The Labute approximate surface area is 124 Å². The van der Waals surface area contributed by atoms with E-state index in [1.807, 2.05) is 42.3 Å². The van der Waals surface area contributed by atoms with Crippen molar-refractivity contribution in [3.8, 4) is 5.75 Å². The van der Waals surface area contributed by atoms with Gasteiger partial charge >= 0.3 is 0 Å². The first kappa shape index (κ1) is 14.7. The molecule has 21 heavy (non-hydrogen) atoms. The molecule has 0 aliphatic rings. The van der Waals surface area contributed by atoms with Crippen molar-refractivity contribution >= 4 is 17.3 Å². The first-order valence-electron chi connectivity index (χ1n) is 6.56. The van der Waals surface area contributed by atoms with Crippen molar-refractivity contribution in [2.75, 3.05) is 24.8 Å². The standard InChI is InChI=1S/C16H19N3O2/c1-19(10-11-6-3-4-9-14(11)21-2)13-8-5-7-12(15(13)17)16(18)20/h3-9H,10,17H2,1-2H3,(H2,18,20). The quantitative estimate of drug-likeness (QED) is 0.823. The van der Waals surface area contributed by atoms with Crippen molar-refractivity contribution in [3.05, 3.63) is 53.6 Å². The summed E-state index contributed by atoms with van der Waals surface area (Å²) in [5.74, 6) is 0.286. The van der Waals surface area contributed by atoms with E-state index in [0.717, 1.165) is 17.0 Å². The Morgan fingerprint density at radius 3 is 2.57 bits per heavy atom. The lowest BCUT2D eigenvalue weighted by atomic mass is 10.1. The largest absolute Gasteiger partial charge is 0.496 e. The number of rotatable bonds is 5. The van der Waals surface area contributed by atoms with Gasteiger partial charge in [0.05, 0.1) is 24.0 Å². The Kier molecular flexibility index (Phi) is 4.33. The number of anilines is 2. The summed E-state index contributed by atoms with van der Waals surface area (Å²) in [6.07, 6.45) is 0. The highest BCUT2D eigenvalue weighted by atomic mass is 16.5. The zero-order chi connectivity index (χ0) is 15.4. The Morgan fingerprint density at radius 2 is 1.90 bits per heavy atom. The number of nitrogens with two attached hydrogens (primary N) is 2. The van der Waals surface area contributed by atoms with Crippen LogP contribution in [0.3, 0.4) is 0 Å². The van der Waals surface area contributed by atoms with Gasteiger partial charge in [0.15, 0.2) is 0 Å². The average molecular weight is 285 g/mol. The summed E-state index contributed by atoms with van der Waals surface area (Å²) in [4.78, 5) is 13.3. The van der Waals surface area contributed by atoms with E-state index in [9.17, 15) is 4.79 Å². The molecule has 0 spiro atoms. The lowest BCUT2D eigenvalue weighted by molar-refractivity contribution is 0.100. The van der Waals surface area contributed by atoms with Gasteiger partial charge in [0, 0.05) is 19.2 Å². The minimum atomic E-state index is -0.528. The molecule has 0 saturated heterocycles. The van der Waals surface area contributed by atoms with Crippen LogP contribution >= 0.6 is 0 Å². The molecular formula is C16H19N3O2. The smallest absolute Gasteiger partial charge is 0.250 e. The SMILES string of the molecule is COc1ccccc1CN(C)c1cccc(C(N)=O)c1N. The van der Waals surface area contributed by atoms with Crippen LogP contribution in [0.5, 0.6) is 5.75 Å². The minimum Gasteiger partial charge on any atom is -0.496 e. The van der Waals surface area contributed by atoms with Crippen LogP contribution in [0.15, 0.2) is 42.5 Å². The van der Waals surface area contributed by atoms with E-state index in [1.54, 1.807) is 19.2 Å². The highest BCUT2D eigenvalue weighted by molar-refractivity contribution is 6.00. The second-order valence-electron chi connectivity index (χ2n) is 4.77. The summed E-state index contributed by atoms with van der Waals surface area (Å²) in [7, 11) is 3.55. The Hall–Kier alpha value is -2.69. The molecule has 0 aliphatic heterocycles. The van der Waals surface area contributed by atoms with Gasteiger partial charge in [-0.15, -0.1) is 0 Å². The third kappa shape index (κ3) is 3.08. The Morgan fingerprint density at radius 1 is 1.19 bits per heavy atom. The number of hydrogen-bond acceptors (Lipinski definition) is 4. The van der Waals surface area contributed by atoms with Crippen LogP contribution in [-0.2, 0) is 6.54 Å². The number of amides is 1. The number of benzene rings is 2. The van der Waals surface area contributed by atoms with Gasteiger partial charge < -0.3 is 21.1 Å². The highest BCUT2D eigenvalue weighted by Gasteiger charge is 2.13. The van der Waals surface area contributed by atoms with E-state index in [4.69, 9.17) is 16.2 Å². The van der Waals surface area contributed by atoms with Gasteiger partial charge in [-0.05, 0) is 18.2 Å². The second-order valence-corrected chi connectivity index (χ2v) is 4.77. The van der Waals surface area contributed by atoms with Crippen LogP contribution in [0, 0.1) is 0 Å². The van der Waals surface area contributed by atoms with E-state index >= 15 is 0 Å². The van der Waals surface area contributed by atoms with E-state index < -0.39 is 5.91 Å². The topological polar surface area (TPSA) is 81.6 Å². The van der Waals surface area contributed by atoms with Gasteiger partial charge in [-0.3, -0.25) is 4.79 Å². The number of carbonyl (C=O) groups excluding carboxylic acids is 1. The summed E-state index contributed by atoms with van der Waals surface area (Å²) in [6, 6.07) is 13.0. The number of nitrogen functional groups attached to an aromatic ring is 1. The number of hydrogen-bond donors (Lipinski definition) is 2. The first-order valence-corrected chi connectivity index (χ1v) is 6.56. The summed E-state index contributed by atoms with van der Waals surface area (Å²) >= 11 is 0. The van der Waals surface area contributed by atoms with Crippen molar-refractivity contribution in [1.82, 2.24) is 0 Å². The molecule has 0 unspecified atom stereocenters. The van der Waals surface area contributed by atoms with Gasteiger partial charge in [-0.25, -0.2) is 0 Å². The predicted octanol–water partition coefficient (Wildman–Crippen LogP) is 2.01. The van der Waals surface area contributed by atoms with Crippen molar-refractivity contribution in [1.29, 1.82) is 0 Å². The van der Waals surface area contributed by atoms with Crippen molar-refractivity contribution < 1.29 is 9.53 Å². The molecule has 2 aromatic carbocycles. The van der Waals surface area contributed by atoms with Crippen LogP contribution in [0.1, 0.15) is 15.9 Å². The monoisotopic (exact) mass is 285 g/mol.